The van der Waals surface area contributed by atoms with Gasteiger partial charge in [-0.05, 0) is 43.5 Å². The first kappa shape index (κ1) is 12.8. The van der Waals surface area contributed by atoms with Crippen molar-refractivity contribution >= 4 is 11.7 Å². The molecule has 2 amide bonds. The van der Waals surface area contributed by atoms with Gasteiger partial charge in [-0.3, -0.25) is 0 Å². The normalized spacial score (nSPS) is 23.6. The van der Waals surface area contributed by atoms with E-state index in [2.05, 4.69) is 24.6 Å². The van der Waals surface area contributed by atoms with Crippen molar-refractivity contribution in [3.05, 3.63) is 30.1 Å². The first-order valence-corrected chi connectivity index (χ1v) is 6.05. The summed E-state index contributed by atoms with van der Waals surface area (Å²) >= 11 is 0. The molecule has 1 aromatic rings. The summed E-state index contributed by atoms with van der Waals surface area (Å²) in [6, 6.07) is 5.60. The Morgan fingerprint density at radius 2 is 1.94 bits per heavy atom. The Bertz CT molecular complexity index is 446. The monoisotopic (exact) mass is 251 g/mol. The van der Waals surface area contributed by atoms with Gasteiger partial charge in [-0.15, -0.1) is 0 Å². The molecule has 0 aliphatic carbocycles. The third-order valence-corrected chi connectivity index (χ3v) is 2.85. The molecule has 98 valence electrons. The molecule has 2 N–H and O–H groups in total. The number of hydrazine groups is 1. The maximum Gasteiger partial charge on any atom is 0.338 e. The second-order valence-corrected chi connectivity index (χ2v) is 5.28. The van der Waals surface area contributed by atoms with Gasteiger partial charge in [-0.1, -0.05) is 13.8 Å². The Morgan fingerprint density at radius 3 is 2.50 bits per heavy atom. The molecule has 1 aliphatic rings. The molecule has 1 atom stereocenters. The molecule has 1 saturated heterocycles. The highest BCUT2D eigenvalue weighted by Crippen LogP contribution is 2.23. The summed E-state index contributed by atoms with van der Waals surface area (Å²) in [6.07, 6.45) is 0.816. The number of amides is 2. The number of urea groups is 1. The Hall–Kier alpha value is -1.62. The molecule has 1 aromatic carbocycles. The molecule has 4 nitrogen and oxygen atoms in total. The predicted octanol–water partition coefficient (Wildman–Crippen LogP) is 2.62. The third-order valence-electron chi connectivity index (χ3n) is 2.85. The zero-order chi connectivity index (χ0) is 13.3. The molecule has 0 saturated carbocycles. The van der Waals surface area contributed by atoms with Crippen LogP contribution in [0.25, 0.3) is 0 Å². The number of nitrogens with zero attached hydrogens (tertiary/aromatic N) is 1. The first-order valence-electron chi connectivity index (χ1n) is 6.05. The quantitative estimate of drug-likeness (QED) is 0.867. The maximum atomic E-state index is 12.9. The summed E-state index contributed by atoms with van der Waals surface area (Å²) in [5, 5.41) is 4.33. The molecule has 0 bridgehead atoms. The van der Waals surface area contributed by atoms with Crippen molar-refractivity contribution in [1.82, 2.24) is 10.7 Å². The minimum atomic E-state index is -0.459. The first-order chi connectivity index (χ1) is 8.39. The van der Waals surface area contributed by atoms with E-state index in [9.17, 15) is 9.18 Å². The summed E-state index contributed by atoms with van der Waals surface area (Å²) in [7, 11) is 0. The molecule has 0 aromatic heterocycles. The van der Waals surface area contributed by atoms with Crippen LogP contribution >= 0.6 is 0 Å². The number of benzene rings is 1. The van der Waals surface area contributed by atoms with Crippen molar-refractivity contribution in [2.45, 2.75) is 32.9 Å². The zero-order valence-electron chi connectivity index (χ0n) is 10.8. The minimum absolute atomic E-state index is 0.218. The van der Waals surface area contributed by atoms with Gasteiger partial charge in [0.1, 0.15) is 11.5 Å². The van der Waals surface area contributed by atoms with E-state index in [4.69, 9.17) is 0 Å². The fourth-order valence-electron chi connectivity index (χ4n) is 2.30. The Morgan fingerprint density at radius 1 is 1.33 bits per heavy atom. The molecule has 0 spiro atoms. The van der Waals surface area contributed by atoms with Crippen LogP contribution in [-0.2, 0) is 0 Å². The number of carbonyl (C=O) groups excluding carboxylic acids is 1. The Labute approximate surface area is 106 Å². The summed E-state index contributed by atoms with van der Waals surface area (Å²) < 4.78 is 12.9. The smallest absolute Gasteiger partial charge is 0.317 e. The fourth-order valence-corrected chi connectivity index (χ4v) is 2.30. The Balaban J connectivity index is 2.16. The SMILES string of the molecule is CC(C)C[C@@]1(C)NC(=O)N(c2ccc(F)cc2)N1. The molecule has 1 heterocycles. The lowest BCUT2D eigenvalue weighted by Gasteiger charge is -2.26. The molecule has 0 unspecified atom stereocenters. The molecular formula is C13H18FN3O. The minimum Gasteiger partial charge on any atom is -0.317 e. The van der Waals surface area contributed by atoms with Gasteiger partial charge in [0.25, 0.3) is 0 Å². The van der Waals surface area contributed by atoms with Crippen LogP contribution in [0.4, 0.5) is 14.9 Å². The predicted molar refractivity (Wildman–Crippen MR) is 68.4 cm³/mol. The van der Waals surface area contributed by atoms with Gasteiger partial charge in [-0.25, -0.2) is 19.6 Å². The fraction of sp³-hybridized carbons (Fsp3) is 0.462. The zero-order valence-corrected chi connectivity index (χ0v) is 10.8. The standard InChI is InChI=1S/C13H18FN3O/c1-9(2)8-13(3)15-12(18)17(16-13)11-6-4-10(14)5-7-11/h4-7,9,16H,8H2,1-3H3,(H,15,18)/t13-/m0/s1. The highest BCUT2D eigenvalue weighted by Gasteiger charge is 2.39. The van der Waals surface area contributed by atoms with E-state index in [-0.39, 0.29) is 11.8 Å². The van der Waals surface area contributed by atoms with E-state index in [1.165, 1.54) is 17.1 Å². The van der Waals surface area contributed by atoms with Crippen LogP contribution in [-0.4, -0.2) is 11.7 Å². The van der Waals surface area contributed by atoms with Crippen molar-refractivity contribution in [3.63, 3.8) is 0 Å². The van der Waals surface area contributed by atoms with Gasteiger partial charge >= 0.3 is 6.03 Å². The van der Waals surface area contributed by atoms with Crippen LogP contribution in [0.2, 0.25) is 0 Å². The van der Waals surface area contributed by atoms with Crippen molar-refractivity contribution in [1.29, 1.82) is 0 Å². The number of hydrogen-bond acceptors (Lipinski definition) is 2. The van der Waals surface area contributed by atoms with E-state index < -0.39 is 5.66 Å². The molecule has 5 heteroatoms. The van der Waals surface area contributed by atoms with E-state index in [1.807, 2.05) is 6.92 Å². The van der Waals surface area contributed by atoms with E-state index in [0.29, 0.717) is 11.6 Å². The molecular weight excluding hydrogens is 233 g/mol. The van der Waals surface area contributed by atoms with E-state index >= 15 is 0 Å². The van der Waals surface area contributed by atoms with Crippen LogP contribution in [0.15, 0.2) is 24.3 Å². The van der Waals surface area contributed by atoms with Gasteiger partial charge in [0.15, 0.2) is 0 Å². The second-order valence-electron chi connectivity index (χ2n) is 5.28. The average molecular weight is 251 g/mol. The highest BCUT2D eigenvalue weighted by molar-refractivity contribution is 5.93. The number of rotatable bonds is 3. The van der Waals surface area contributed by atoms with Crippen molar-refractivity contribution in [2.75, 3.05) is 5.01 Å². The lowest BCUT2D eigenvalue weighted by Crippen LogP contribution is -2.49. The molecule has 1 fully saturated rings. The van der Waals surface area contributed by atoms with Crippen molar-refractivity contribution < 1.29 is 9.18 Å². The van der Waals surface area contributed by atoms with Crippen LogP contribution in [0.5, 0.6) is 0 Å². The van der Waals surface area contributed by atoms with E-state index in [1.54, 1.807) is 12.1 Å². The molecule has 0 radical (unpaired) electrons. The van der Waals surface area contributed by atoms with Gasteiger partial charge < -0.3 is 5.32 Å². The van der Waals surface area contributed by atoms with Crippen LogP contribution in [0.3, 0.4) is 0 Å². The summed E-state index contributed by atoms with van der Waals surface area (Å²) in [5.74, 6) is 0.138. The lowest BCUT2D eigenvalue weighted by molar-refractivity contribution is 0.243. The van der Waals surface area contributed by atoms with Crippen molar-refractivity contribution in [2.24, 2.45) is 5.92 Å². The van der Waals surface area contributed by atoms with Crippen molar-refractivity contribution in [3.8, 4) is 0 Å². The van der Waals surface area contributed by atoms with Gasteiger partial charge in [0.2, 0.25) is 0 Å². The largest absolute Gasteiger partial charge is 0.338 e. The number of hydrogen-bond donors (Lipinski definition) is 2. The van der Waals surface area contributed by atoms with Gasteiger partial charge in [0.05, 0.1) is 5.69 Å². The average Bonchev–Trinajstić information content (AvgIpc) is 2.54. The van der Waals surface area contributed by atoms with Crippen LogP contribution in [0.1, 0.15) is 27.2 Å². The second kappa shape index (κ2) is 4.57. The number of halogens is 1. The summed E-state index contributed by atoms with van der Waals surface area (Å²) in [6.45, 7) is 6.13. The highest BCUT2D eigenvalue weighted by atomic mass is 19.1. The number of nitrogens with one attached hydrogen (secondary N) is 2. The molecule has 1 aliphatic heterocycles. The van der Waals surface area contributed by atoms with Gasteiger partial charge in [-0.2, -0.15) is 0 Å². The molecule has 2 rings (SSSR count). The lowest BCUT2D eigenvalue weighted by atomic mass is 10.0. The summed E-state index contributed by atoms with van der Waals surface area (Å²) in [4.78, 5) is 11.9. The van der Waals surface area contributed by atoms with E-state index in [0.717, 1.165) is 6.42 Å². The number of carbonyl (C=O) groups is 1. The van der Waals surface area contributed by atoms with Crippen LogP contribution < -0.4 is 15.8 Å². The summed E-state index contributed by atoms with van der Waals surface area (Å²) in [5.41, 5.74) is 3.30. The third kappa shape index (κ3) is 2.61. The molecule has 18 heavy (non-hydrogen) atoms. The topological polar surface area (TPSA) is 44.4 Å². The Kier molecular flexibility index (Phi) is 3.26. The van der Waals surface area contributed by atoms with Crippen LogP contribution in [0, 0.1) is 11.7 Å². The van der Waals surface area contributed by atoms with Gasteiger partial charge in [0, 0.05) is 0 Å². The maximum absolute atomic E-state index is 12.9. The number of anilines is 1.